The number of nitrogens with two attached hydrogens (primary N) is 1. The van der Waals surface area contributed by atoms with Crippen LogP contribution in [0.15, 0.2) is 46.9 Å². The van der Waals surface area contributed by atoms with Crippen LogP contribution in [0, 0.1) is 5.82 Å². The molecule has 2 nitrogen and oxygen atoms in total. The lowest BCUT2D eigenvalue weighted by atomic mass is 9.99. The number of hydrogen-bond donors (Lipinski definition) is 1. The van der Waals surface area contributed by atoms with Crippen molar-refractivity contribution >= 4 is 15.9 Å². The van der Waals surface area contributed by atoms with Crippen molar-refractivity contribution in [3.63, 3.8) is 0 Å². The Kier molecular flexibility index (Phi) is 5.15. The molecular weight excluding hydrogens is 321 g/mol. The third-order valence-corrected chi connectivity index (χ3v) is 3.90. The maximum Gasteiger partial charge on any atom is 0.123 e. The summed E-state index contributed by atoms with van der Waals surface area (Å²) in [7, 11) is 1.64. The van der Waals surface area contributed by atoms with E-state index in [1.54, 1.807) is 13.2 Å². The minimum Gasteiger partial charge on any atom is -0.497 e. The van der Waals surface area contributed by atoms with E-state index in [2.05, 4.69) is 15.9 Å². The van der Waals surface area contributed by atoms with E-state index in [9.17, 15) is 4.39 Å². The first kappa shape index (κ1) is 15.0. The first-order valence-electron chi connectivity index (χ1n) is 6.41. The largest absolute Gasteiger partial charge is 0.497 e. The molecule has 1 unspecified atom stereocenters. The van der Waals surface area contributed by atoms with Gasteiger partial charge < -0.3 is 10.5 Å². The molecular formula is C16H17BrFNO. The molecule has 2 rings (SSSR count). The fourth-order valence-electron chi connectivity index (χ4n) is 2.16. The van der Waals surface area contributed by atoms with E-state index in [1.807, 2.05) is 24.3 Å². The molecule has 106 valence electrons. The lowest BCUT2D eigenvalue weighted by Crippen LogP contribution is -2.25. The summed E-state index contributed by atoms with van der Waals surface area (Å²) in [5.74, 6) is 0.582. The number of hydrogen-bond acceptors (Lipinski definition) is 2. The summed E-state index contributed by atoms with van der Waals surface area (Å²) in [4.78, 5) is 0. The molecule has 2 aromatic carbocycles. The summed E-state index contributed by atoms with van der Waals surface area (Å²) in [6, 6.07) is 12.4. The summed E-state index contributed by atoms with van der Waals surface area (Å²) in [5, 5.41) is 0. The summed E-state index contributed by atoms with van der Waals surface area (Å²) in [6.07, 6.45) is 1.34. The summed E-state index contributed by atoms with van der Waals surface area (Å²) in [6.45, 7) is 0. The molecule has 0 radical (unpaired) electrons. The zero-order valence-electron chi connectivity index (χ0n) is 11.3. The Hall–Kier alpha value is -1.39. The Balaban J connectivity index is 2.04. The highest BCUT2D eigenvalue weighted by Gasteiger charge is 2.09. The predicted molar refractivity (Wildman–Crippen MR) is 82.5 cm³/mol. The smallest absolute Gasteiger partial charge is 0.123 e. The number of methoxy groups -OCH3 is 1. The maximum atomic E-state index is 13.2. The average Bonchev–Trinajstić information content (AvgIpc) is 2.43. The molecule has 0 amide bonds. The lowest BCUT2D eigenvalue weighted by Gasteiger charge is -2.13. The van der Waals surface area contributed by atoms with Gasteiger partial charge in [-0.25, -0.2) is 4.39 Å². The van der Waals surface area contributed by atoms with Gasteiger partial charge >= 0.3 is 0 Å². The fraction of sp³-hybridized carbons (Fsp3) is 0.250. The molecule has 0 aliphatic carbocycles. The van der Waals surface area contributed by atoms with Crippen LogP contribution in [-0.2, 0) is 12.8 Å². The van der Waals surface area contributed by atoms with Crippen LogP contribution in [0.3, 0.4) is 0 Å². The molecule has 0 fully saturated rings. The van der Waals surface area contributed by atoms with E-state index < -0.39 is 0 Å². The topological polar surface area (TPSA) is 35.2 Å². The minimum absolute atomic E-state index is 0.0693. The molecule has 0 aliphatic heterocycles. The van der Waals surface area contributed by atoms with Crippen molar-refractivity contribution in [2.45, 2.75) is 18.9 Å². The number of ether oxygens (including phenoxy) is 1. The second-order valence-corrected chi connectivity index (χ2v) is 5.61. The molecule has 0 saturated carbocycles. The molecule has 1 atom stereocenters. The quantitative estimate of drug-likeness (QED) is 0.902. The van der Waals surface area contributed by atoms with Crippen LogP contribution in [0.5, 0.6) is 5.75 Å². The number of halogens is 2. The highest BCUT2D eigenvalue weighted by atomic mass is 79.9. The molecule has 0 aromatic heterocycles. The fourth-order valence-corrected chi connectivity index (χ4v) is 2.57. The molecule has 2 aromatic rings. The van der Waals surface area contributed by atoms with Crippen molar-refractivity contribution in [2.75, 3.05) is 7.11 Å². The van der Waals surface area contributed by atoms with Gasteiger partial charge in [-0.3, -0.25) is 0 Å². The highest BCUT2D eigenvalue weighted by molar-refractivity contribution is 9.10. The van der Waals surface area contributed by atoms with Crippen molar-refractivity contribution in [1.82, 2.24) is 0 Å². The van der Waals surface area contributed by atoms with Gasteiger partial charge in [-0.05, 0) is 54.3 Å². The van der Waals surface area contributed by atoms with Crippen molar-refractivity contribution in [3.05, 3.63) is 63.9 Å². The van der Waals surface area contributed by atoms with Crippen LogP contribution in [0.25, 0.3) is 0 Å². The third-order valence-electron chi connectivity index (χ3n) is 3.12. The second kappa shape index (κ2) is 6.86. The average molecular weight is 338 g/mol. The Labute approximate surface area is 126 Å². The summed E-state index contributed by atoms with van der Waals surface area (Å²) >= 11 is 3.42. The molecule has 0 aliphatic rings. The van der Waals surface area contributed by atoms with Crippen LogP contribution < -0.4 is 10.5 Å². The first-order chi connectivity index (χ1) is 9.58. The van der Waals surface area contributed by atoms with Gasteiger partial charge in [0.2, 0.25) is 0 Å². The number of benzene rings is 2. The van der Waals surface area contributed by atoms with Crippen molar-refractivity contribution in [1.29, 1.82) is 0 Å². The van der Waals surface area contributed by atoms with Crippen molar-refractivity contribution in [3.8, 4) is 5.75 Å². The minimum atomic E-state index is -0.239. The van der Waals surface area contributed by atoms with Crippen LogP contribution >= 0.6 is 15.9 Å². The molecule has 0 bridgehead atoms. The highest BCUT2D eigenvalue weighted by Crippen LogP contribution is 2.20. The molecule has 2 N–H and O–H groups in total. The van der Waals surface area contributed by atoms with Crippen LogP contribution in [0.4, 0.5) is 4.39 Å². The SMILES string of the molecule is COc1cccc(CC(N)Cc2cc(F)ccc2Br)c1. The molecule has 4 heteroatoms. The van der Waals surface area contributed by atoms with Gasteiger partial charge in [0.15, 0.2) is 0 Å². The van der Waals surface area contributed by atoms with Gasteiger partial charge in [0, 0.05) is 10.5 Å². The lowest BCUT2D eigenvalue weighted by molar-refractivity contribution is 0.414. The Morgan fingerprint density at radius 1 is 1.20 bits per heavy atom. The van der Waals surface area contributed by atoms with Crippen LogP contribution in [0.1, 0.15) is 11.1 Å². The Bertz CT molecular complexity index is 588. The van der Waals surface area contributed by atoms with Crippen LogP contribution in [-0.4, -0.2) is 13.2 Å². The van der Waals surface area contributed by atoms with Gasteiger partial charge in [-0.15, -0.1) is 0 Å². The Morgan fingerprint density at radius 2 is 2.00 bits per heavy atom. The molecule has 20 heavy (non-hydrogen) atoms. The van der Waals surface area contributed by atoms with Gasteiger partial charge in [0.25, 0.3) is 0 Å². The summed E-state index contributed by atoms with van der Waals surface area (Å²) < 4.78 is 19.3. The predicted octanol–water partition coefficient (Wildman–Crippen LogP) is 3.71. The van der Waals surface area contributed by atoms with E-state index in [1.165, 1.54) is 12.1 Å². The third kappa shape index (κ3) is 4.05. The van der Waals surface area contributed by atoms with Gasteiger partial charge in [-0.1, -0.05) is 28.1 Å². The van der Waals surface area contributed by atoms with Gasteiger partial charge in [-0.2, -0.15) is 0 Å². The first-order valence-corrected chi connectivity index (χ1v) is 7.20. The van der Waals surface area contributed by atoms with E-state index in [-0.39, 0.29) is 11.9 Å². The van der Waals surface area contributed by atoms with Crippen molar-refractivity contribution < 1.29 is 9.13 Å². The zero-order chi connectivity index (χ0) is 14.5. The van der Waals surface area contributed by atoms with Crippen LogP contribution in [0.2, 0.25) is 0 Å². The van der Waals surface area contributed by atoms with E-state index in [4.69, 9.17) is 10.5 Å². The summed E-state index contributed by atoms with van der Waals surface area (Å²) in [5.41, 5.74) is 8.17. The van der Waals surface area contributed by atoms with Gasteiger partial charge in [0.1, 0.15) is 11.6 Å². The Morgan fingerprint density at radius 3 is 2.75 bits per heavy atom. The molecule has 0 heterocycles. The molecule has 0 saturated heterocycles. The van der Waals surface area contributed by atoms with Gasteiger partial charge in [0.05, 0.1) is 7.11 Å². The number of rotatable bonds is 5. The van der Waals surface area contributed by atoms with E-state index >= 15 is 0 Å². The monoisotopic (exact) mass is 337 g/mol. The normalized spacial score (nSPS) is 12.2. The van der Waals surface area contributed by atoms with E-state index in [0.717, 1.165) is 27.8 Å². The second-order valence-electron chi connectivity index (χ2n) is 4.76. The zero-order valence-corrected chi connectivity index (χ0v) is 12.9. The van der Waals surface area contributed by atoms with E-state index in [0.29, 0.717) is 6.42 Å². The van der Waals surface area contributed by atoms with Crippen molar-refractivity contribution in [2.24, 2.45) is 5.73 Å². The maximum absolute atomic E-state index is 13.2. The standard InChI is InChI=1S/C16H17BrFNO/c1-20-15-4-2-3-11(8-15)7-14(19)10-12-9-13(18)5-6-16(12)17/h2-6,8-9,14H,7,10,19H2,1H3. The molecule has 0 spiro atoms.